The number of benzene rings is 1. The zero-order valence-electron chi connectivity index (χ0n) is 8.96. The third kappa shape index (κ3) is 1.03. The number of hydrogen-bond acceptors (Lipinski definition) is 1. The van der Waals surface area contributed by atoms with Crippen LogP contribution in [0, 0.1) is 13.8 Å². The van der Waals surface area contributed by atoms with Gasteiger partial charge in [-0.15, -0.1) is 0 Å². The largest absolute Gasteiger partial charge is 0.385 e. The Kier molecular flexibility index (Phi) is 1.99. The maximum absolute atomic E-state index is 6.06. The van der Waals surface area contributed by atoms with Gasteiger partial charge in [0.15, 0.2) is 0 Å². The van der Waals surface area contributed by atoms with E-state index in [1.807, 2.05) is 0 Å². The summed E-state index contributed by atoms with van der Waals surface area (Å²) in [6.45, 7) is 7.28. The molecule has 0 aliphatic heterocycles. The zero-order chi connectivity index (χ0) is 10.3. The lowest BCUT2D eigenvalue weighted by atomic mass is 10.1. The third-order valence-corrected chi connectivity index (χ3v) is 2.91. The highest BCUT2D eigenvalue weighted by Crippen LogP contribution is 2.29. The Morgan fingerprint density at radius 1 is 1.29 bits per heavy atom. The van der Waals surface area contributed by atoms with Crippen LogP contribution in [0.1, 0.15) is 18.1 Å². The van der Waals surface area contributed by atoms with Crippen molar-refractivity contribution in [1.82, 2.24) is 4.57 Å². The summed E-state index contributed by atoms with van der Waals surface area (Å²) in [7, 11) is 0. The van der Waals surface area contributed by atoms with Crippen molar-refractivity contribution in [2.75, 3.05) is 5.73 Å². The Bertz CT molecular complexity index is 481. The standard InChI is InChI=1S/C12H16N2/c1-4-14-10-7-5-6-8(2)11(10)9(3)12(14)13/h5-7H,4,13H2,1-3H3. The summed E-state index contributed by atoms with van der Waals surface area (Å²) >= 11 is 0. The molecule has 0 bridgehead atoms. The lowest BCUT2D eigenvalue weighted by Crippen LogP contribution is -2.00. The molecule has 0 fully saturated rings. The van der Waals surface area contributed by atoms with Crippen molar-refractivity contribution in [2.24, 2.45) is 0 Å². The quantitative estimate of drug-likeness (QED) is 0.733. The monoisotopic (exact) mass is 188 g/mol. The van der Waals surface area contributed by atoms with E-state index in [1.54, 1.807) is 0 Å². The summed E-state index contributed by atoms with van der Waals surface area (Å²) in [5.74, 6) is 0.900. The molecule has 2 aromatic rings. The van der Waals surface area contributed by atoms with Gasteiger partial charge in [0.1, 0.15) is 5.82 Å². The molecule has 74 valence electrons. The van der Waals surface area contributed by atoms with E-state index in [1.165, 1.54) is 22.0 Å². The molecule has 0 spiro atoms. The fraction of sp³-hybridized carbons (Fsp3) is 0.333. The van der Waals surface area contributed by atoms with E-state index in [0.717, 1.165) is 12.4 Å². The van der Waals surface area contributed by atoms with Crippen LogP contribution >= 0.6 is 0 Å². The Balaban J connectivity index is 2.95. The molecule has 0 amide bonds. The molecule has 1 aromatic carbocycles. The highest BCUT2D eigenvalue weighted by molar-refractivity contribution is 5.91. The maximum atomic E-state index is 6.06. The van der Waals surface area contributed by atoms with Gasteiger partial charge in [-0.2, -0.15) is 0 Å². The van der Waals surface area contributed by atoms with Crippen molar-refractivity contribution in [3.05, 3.63) is 29.3 Å². The molecule has 2 nitrogen and oxygen atoms in total. The van der Waals surface area contributed by atoms with Gasteiger partial charge in [-0.1, -0.05) is 12.1 Å². The van der Waals surface area contributed by atoms with Crippen molar-refractivity contribution < 1.29 is 0 Å². The number of nitrogen functional groups attached to an aromatic ring is 1. The fourth-order valence-corrected chi connectivity index (χ4v) is 2.17. The molecule has 0 radical (unpaired) electrons. The van der Waals surface area contributed by atoms with Crippen LogP contribution in [0.15, 0.2) is 18.2 Å². The summed E-state index contributed by atoms with van der Waals surface area (Å²) in [4.78, 5) is 0. The summed E-state index contributed by atoms with van der Waals surface area (Å²) in [5, 5.41) is 1.31. The average molecular weight is 188 g/mol. The molecule has 0 aliphatic carbocycles. The van der Waals surface area contributed by atoms with Gasteiger partial charge in [-0.05, 0) is 38.0 Å². The van der Waals surface area contributed by atoms with Crippen LogP contribution in [-0.4, -0.2) is 4.57 Å². The van der Waals surface area contributed by atoms with Crippen LogP contribution in [0.5, 0.6) is 0 Å². The van der Waals surface area contributed by atoms with Crippen molar-refractivity contribution >= 4 is 16.7 Å². The van der Waals surface area contributed by atoms with Gasteiger partial charge in [0.25, 0.3) is 0 Å². The summed E-state index contributed by atoms with van der Waals surface area (Å²) in [5.41, 5.74) is 9.82. The van der Waals surface area contributed by atoms with E-state index in [9.17, 15) is 0 Å². The van der Waals surface area contributed by atoms with Crippen LogP contribution in [0.4, 0.5) is 5.82 Å². The number of hydrogen-bond donors (Lipinski definition) is 1. The molecule has 14 heavy (non-hydrogen) atoms. The van der Waals surface area contributed by atoms with Crippen LogP contribution < -0.4 is 5.73 Å². The first-order valence-electron chi connectivity index (χ1n) is 5.00. The van der Waals surface area contributed by atoms with Crippen LogP contribution in [0.25, 0.3) is 10.9 Å². The summed E-state index contributed by atoms with van der Waals surface area (Å²) in [6.07, 6.45) is 0. The highest BCUT2D eigenvalue weighted by Gasteiger charge is 2.11. The number of aromatic nitrogens is 1. The van der Waals surface area contributed by atoms with Gasteiger partial charge < -0.3 is 10.3 Å². The van der Waals surface area contributed by atoms with Crippen LogP contribution in [0.3, 0.4) is 0 Å². The van der Waals surface area contributed by atoms with Crippen LogP contribution in [0.2, 0.25) is 0 Å². The third-order valence-electron chi connectivity index (χ3n) is 2.91. The first kappa shape index (κ1) is 9.13. The fourth-order valence-electron chi connectivity index (χ4n) is 2.17. The second-order valence-electron chi connectivity index (χ2n) is 3.72. The average Bonchev–Trinajstić information content (AvgIpc) is 2.41. The predicted molar refractivity (Wildman–Crippen MR) is 61.5 cm³/mol. The second-order valence-corrected chi connectivity index (χ2v) is 3.72. The van der Waals surface area contributed by atoms with E-state index in [2.05, 4.69) is 43.5 Å². The SMILES string of the molecule is CCn1c(N)c(C)c2c(C)cccc21. The van der Waals surface area contributed by atoms with E-state index in [0.29, 0.717) is 0 Å². The van der Waals surface area contributed by atoms with Crippen molar-refractivity contribution in [2.45, 2.75) is 27.3 Å². The minimum absolute atomic E-state index is 0.900. The summed E-state index contributed by atoms with van der Waals surface area (Å²) < 4.78 is 2.16. The van der Waals surface area contributed by atoms with Crippen molar-refractivity contribution in [3.8, 4) is 0 Å². The lowest BCUT2D eigenvalue weighted by Gasteiger charge is -2.03. The number of aryl methyl sites for hydroxylation is 3. The van der Waals surface area contributed by atoms with E-state index in [-0.39, 0.29) is 0 Å². The number of anilines is 1. The van der Waals surface area contributed by atoms with Crippen LogP contribution in [-0.2, 0) is 6.54 Å². The molecule has 0 unspecified atom stereocenters. The molecule has 2 heteroatoms. The normalized spacial score (nSPS) is 11.1. The molecule has 0 saturated carbocycles. The first-order chi connectivity index (χ1) is 6.66. The first-order valence-corrected chi connectivity index (χ1v) is 5.00. The molecule has 2 rings (SSSR count). The predicted octanol–water partition coefficient (Wildman–Crippen LogP) is 2.86. The van der Waals surface area contributed by atoms with Gasteiger partial charge in [0.05, 0.1) is 5.52 Å². The van der Waals surface area contributed by atoms with Crippen molar-refractivity contribution in [1.29, 1.82) is 0 Å². The van der Waals surface area contributed by atoms with E-state index in [4.69, 9.17) is 5.73 Å². The molecule has 1 aromatic heterocycles. The number of nitrogens with two attached hydrogens (primary N) is 1. The number of rotatable bonds is 1. The van der Waals surface area contributed by atoms with Gasteiger partial charge >= 0.3 is 0 Å². The molecule has 0 atom stereocenters. The van der Waals surface area contributed by atoms with Gasteiger partial charge in [0.2, 0.25) is 0 Å². The molecular weight excluding hydrogens is 172 g/mol. The van der Waals surface area contributed by atoms with E-state index < -0.39 is 0 Å². The minimum atomic E-state index is 0.900. The molecule has 0 aliphatic rings. The Morgan fingerprint density at radius 3 is 2.64 bits per heavy atom. The highest BCUT2D eigenvalue weighted by atomic mass is 15.0. The molecular formula is C12H16N2. The lowest BCUT2D eigenvalue weighted by molar-refractivity contribution is 0.806. The minimum Gasteiger partial charge on any atom is -0.385 e. The summed E-state index contributed by atoms with van der Waals surface area (Å²) in [6, 6.07) is 6.35. The van der Waals surface area contributed by atoms with E-state index >= 15 is 0 Å². The molecule has 2 N–H and O–H groups in total. The molecule has 1 heterocycles. The molecule has 0 saturated heterocycles. The number of fused-ring (bicyclic) bond motifs is 1. The Labute approximate surface area is 84.3 Å². The van der Waals surface area contributed by atoms with Gasteiger partial charge in [-0.25, -0.2) is 0 Å². The van der Waals surface area contributed by atoms with Gasteiger partial charge in [0, 0.05) is 11.9 Å². The maximum Gasteiger partial charge on any atom is 0.107 e. The topological polar surface area (TPSA) is 30.9 Å². The Hall–Kier alpha value is -1.44. The smallest absolute Gasteiger partial charge is 0.107 e. The van der Waals surface area contributed by atoms with Gasteiger partial charge in [-0.3, -0.25) is 0 Å². The zero-order valence-corrected chi connectivity index (χ0v) is 8.96. The number of nitrogens with zero attached hydrogens (tertiary/aromatic N) is 1. The Morgan fingerprint density at radius 2 is 2.00 bits per heavy atom. The second kappa shape index (κ2) is 3.05. The van der Waals surface area contributed by atoms with Crippen molar-refractivity contribution in [3.63, 3.8) is 0 Å².